The van der Waals surface area contributed by atoms with Crippen LogP contribution in [0, 0.1) is 0 Å². The van der Waals surface area contributed by atoms with Gasteiger partial charge in [-0.1, -0.05) is 32.9 Å². The molecule has 0 radical (unpaired) electrons. The lowest BCUT2D eigenvalue weighted by atomic mass is 9.87. The molecule has 0 fully saturated rings. The molecule has 1 rings (SSSR count). The van der Waals surface area contributed by atoms with E-state index in [0.29, 0.717) is 0 Å². The summed E-state index contributed by atoms with van der Waals surface area (Å²) >= 11 is 0. The Morgan fingerprint density at radius 3 is 2.13 bits per heavy atom. The van der Waals surface area contributed by atoms with E-state index in [1.165, 1.54) is 16.9 Å². The Morgan fingerprint density at radius 2 is 1.73 bits per heavy atom. The van der Waals surface area contributed by atoms with Gasteiger partial charge in [0.1, 0.15) is 6.34 Å². The molecule has 0 bridgehead atoms. The second-order valence-corrected chi connectivity index (χ2v) is 4.47. The molecule has 15 heavy (non-hydrogen) atoms. The van der Waals surface area contributed by atoms with Gasteiger partial charge < -0.3 is 5.84 Å². The zero-order chi connectivity index (χ0) is 11.5. The average Bonchev–Trinajstić information content (AvgIpc) is 2.17. The maximum atomic E-state index is 5.67. The van der Waals surface area contributed by atoms with Crippen LogP contribution in [-0.2, 0) is 5.41 Å². The van der Waals surface area contributed by atoms with Crippen LogP contribution >= 0.6 is 0 Å². The number of nitrogens with two attached hydrogens (primary N) is 2. The number of hydrazone groups is 1. The van der Waals surface area contributed by atoms with E-state index in [2.05, 4.69) is 38.0 Å². The van der Waals surface area contributed by atoms with Crippen molar-refractivity contribution < 1.29 is 0 Å². The highest BCUT2D eigenvalue weighted by Crippen LogP contribution is 2.23. The van der Waals surface area contributed by atoms with Crippen LogP contribution in [0.25, 0.3) is 0 Å². The number of benzene rings is 1. The van der Waals surface area contributed by atoms with E-state index in [0.717, 1.165) is 5.69 Å². The fourth-order valence-corrected chi connectivity index (χ4v) is 1.27. The van der Waals surface area contributed by atoms with E-state index in [1.807, 2.05) is 12.1 Å². The lowest BCUT2D eigenvalue weighted by molar-refractivity contribution is 0.590. The smallest absolute Gasteiger partial charge is 0.129 e. The maximum Gasteiger partial charge on any atom is 0.129 e. The molecule has 0 unspecified atom stereocenters. The number of hydrazine groups is 1. The third-order valence-corrected chi connectivity index (χ3v) is 2.22. The zero-order valence-electron chi connectivity index (χ0n) is 9.44. The minimum atomic E-state index is 0.153. The number of anilines is 1. The van der Waals surface area contributed by atoms with Crippen LogP contribution in [0.15, 0.2) is 29.4 Å². The monoisotopic (exact) mass is 206 g/mol. The molecule has 0 heterocycles. The Labute approximate surface area is 90.5 Å². The average molecular weight is 206 g/mol. The molecule has 1 aromatic rings. The van der Waals surface area contributed by atoms with Crippen molar-refractivity contribution in [3.8, 4) is 0 Å². The van der Waals surface area contributed by atoms with Crippen molar-refractivity contribution in [1.82, 2.24) is 0 Å². The predicted molar refractivity (Wildman–Crippen MR) is 64.5 cm³/mol. The quantitative estimate of drug-likeness (QED) is 0.334. The van der Waals surface area contributed by atoms with Crippen LogP contribution in [0.4, 0.5) is 5.69 Å². The molecule has 0 spiro atoms. The van der Waals surface area contributed by atoms with E-state index in [-0.39, 0.29) is 5.41 Å². The van der Waals surface area contributed by atoms with E-state index in [1.54, 1.807) is 0 Å². The van der Waals surface area contributed by atoms with E-state index in [9.17, 15) is 0 Å². The third kappa shape index (κ3) is 2.95. The molecule has 0 atom stereocenters. The second-order valence-electron chi connectivity index (χ2n) is 4.47. The summed E-state index contributed by atoms with van der Waals surface area (Å²) in [6.07, 6.45) is 1.37. The number of hydrogen-bond acceptors (Lipinski definition) is 3. The van der Waals surface area contributed by atoms with Crippen molar-refractivity contribution in [3.05, 3.63) is 29.8 Å². The van der Waals surface area contributed by atoms with Crippen molar-refractivity contribution in [3.63, 3.8) is 0 Å². The predicted octanol–water partition coefficient (Wildman–Crippen LogP) is 1.57. The Morgan fingerprint density at radius 1 is 1.20 bits per heavy atom. The van der Waals surface area contributed by atoms with E-state index in [4.69, 9.17) is 11.7 Å². The molecule has 0 amide bonds. The molecule has 4 nitrogen and oxygen atoms in total. The lowest BCUT2D eigenvalue weighted by Crippen LogP contribution is -2.29. The van der Waals surface area contributed by atoms with Crippen LogP contribution in [-0.4, -0.2) is 6.34 Å². The zero-order valence-corrected chi connectivity index (χ0v) is 9.44. The van der Waals surface area contributed by atoms with Crippen molar-refractivity contribution in [2.45, 2.75) is 26.2 Å². The largest absolute Gasteiger partial charge is 0.322 e. The first-order chi connectivity index (χ1) is 6.95. The Bertz CT molecular complexity index is 335. The van der Waals surface area contributed by atoms with Gasteiger partial charge in [0, 0.05) is 0 Å². The highest BCUT2D eigenvalue weighted by molar-refractivity contribution is 5.77. The van der Waals surface area contributed by atoms with E-state index >= 15 is 0 Å². The van der Waals surface area contributed by atoms with Crippen LogP contribution < -0.4 is 16.7 Å². The molecule has 82 valence electrons. The third-order valence-electron chi connectivity index (χ3n) is 2.22. The topological polar surface area (TPSA) is 67.6 Å². The van der Waals surface area contributed by atoms with Crippen molar-refractivity contribution in [2.75, 3.05) is 5.01 Å². The van der Waals surface area contributed by atoms with Gasteiger partial charge in [-0.3, -0.25) is 5.01 Å². The standard InChI is InChI=1S/C11H18N4/c1-11(2,3)9-4-6-10(7-5-9)15(13)8-14-12/h4-8H,12-13H2,1-3H3/b14-8-. The van der Waals surface area contributed by atoms with Gasteiger partial charge in [-0.05, 0) is 23.1 Å². The molecule has 4 heteroatoms. The summed E-state index contributed by atoms with van der Waals surface area (Å²) in [4.78, 5) is 0. The summed E-state index contributed by atoms with van der Waals surface area (Å²) in [5.41, 5.74) is 2.28. The number of nitrogens with zero attached hydrogens (tertiary/aromatic N) is 2. The van der Waals surface area contributed by atoms with Crippen LogP contribution in [0.2, 0.25) is 0 Å². The fraction of sp³-hybridized carbons (Fsp3) is 0.364. The Balaban J connectivity index is 2.90. The summed E-state index contributed by atoms with van der Waals surface area (Å²) in [7, 11) is 0. The lowest BCUT2D eigenvalue weighted by Gasteiger charge is -2.20. The highest BCUT2D eigenvalue weighted by atomic mass is 15.4. The molecule has 0 aliphatic rings. The van der Waals surface area contributed by atoms with Crippen LogP contribution in [0.5, 0.6) is 0 Å². The van der Waals surface area contributed by atoms with Crippen LogP contribution in [0.3, 0.4) is 0 Å². The molecular formula is C11H18N4. The minimum Gasteiger partial charge on any atom is -0.322 e. The minimum absolute atomic E-state index is 0.153. The first-order valence-corrected chi connectivity index (χ1v) is 4.83. The Kier molecular flexibility index (Phi) is 3.31. The van der Waals surface area contributed by atoms with E-state index < -0.39 is 0 Å². The van der Waals surface area contributed by atoms with Gasteiger partial charge >= 0.3 is 0 Å². The molecule has 0 saturated carbocycles. The summed E-state index contributed by atoms with van der Waals surface area (Å²) < 4.78 is 0. The molecule has 4 N–H and O–H groups in total. The fourth-order valence-electron chi connectivity index (χ4n) is 1.27. The van der Waals surface area contributed by atoms with Gasteiger partial charge in [0.2, 0.25) is 0 Å². The van der Waals surface area contributed by atoms with Gasteiger partial charge in [-0.2, -0.15) is 5.10 Å². The molecule has 0 aliphatic heterocycles. The van der Waals surface area contributed by atoms with Gasteiger partial charge in [-0.15, -0.1) is 0 Å². The number of hydrogen-bond donors (Lipinski definition) is 2. The molecule has 0 aliphatic carbocycles. The van der Waals surface area contributed by atoms with Gasteiger partial charge in [0.15, 0.2) is 0 Å². The van der Waals surface area contributed by atoms with Gasteiger partial charge in [0.25, 0.3) is 0 Å². The molecular weight excluding hydrogens is 188 g/mol. The maximum absolute atomic E-state index is 5.67. The summed E-state index contributed by atoms with van der Waals surface area (Å²) in [5.74, 6) is 10.7. The number of rotatable bonds is 2. The van der Waals surface area contributed by atoms with Crippen molar-refractivity contribution in [2.24, 2.45) is 16.8 Å². The SMILES string of the molecule is CC(C)(C)c1ccc(N(N)/C=N\N)cc1. The summed E-state index contributed by atoms with van der Waals surface area (Å²) in [5, 5.41) is 4.74. The van der Waals surface area contributed by atoms with Crippen molar-refractivity contribution in [1.29, 1.82) is 0 Å². The Hall–Kier alpha value is -1.55. The first kappa shape index (κ1) is 11.5. The van der Waals surface area contributed by atoms with Gasteiger partial charge in [0.05, 0.1) is 5.69 Å². The van der Waals surface area contributed by atoms with Gasteiger partial charge in [-0.25, -0.2) is 5.84 Å². The van der Waals surface area contributed by atoms with Crippen LogP contribution in [0.1, 0.15) is 26.3 Å². The highest BCUT2D eigenvalue weighted by Gasteiger charge is 2.13. The normalized spacial score (nSPS) is 12.0. The van der Waals surface area contributed by atoms with Crippen molar-refractivity contribution >= 4 is 12.0 Å². The summed E-state index contributed by atoms with van der Waals surface area (Å²) in [6.45, 7) is 6.51. The second kappa shape index (κ2) is 4.31. The molecule has 0 aromatic heterocycles. The molecule has 1 aromatic carbocycles. The summed E-state index contributed by atoms with van der Waals surface area (Å²) in [6, 6.07) is 8.00. The molecule has 0 saturated heterocycles. The first-order valence-electron chi connectivity index (χ1n) is 4.83.